The molecule has 130 valence electrons. The molecule has 1 fully saturated rings. The van der Waals surface area contributed by atoms with Gasteiger partial charge in [-0.3, -0.25) is 0 Å². The average molecular weight is 335 g/mol. The van der Waals surface area contributed by atoms with Gasteiger partial charge in [-0.15, -0.1) is 0 Å². The molecule has 3 aromatic rings. The Morgan fingerprint density at radius 1 is 1.00 bits per heavy atom. The second-order valence-corrected chi connectivity index (χ2v) is 7.28. The van der Waals surface area contributed by atoms with Crippen LogP contribution in [0.1, 0.15) is 43.2 Å². The molecule has 1 saturated carbocycles. The molecule has 2 aromatic carbocycles. The molecule has 1 aliphatic carbocycles. The van der Waals surface area contributed by atoms with Crippen LogP contribution in [-0.2, 0) is 6.42 Å². The molecule has 1 aromatic heterocycles. The van der Waals surface area contributed by atoms with Crippen molar-refractivity contribution in [2.24, 2.45) is 5.92 Å². The lowest BCUT2D eigenvalue weighted by Crippen LogP contribution is -2.10. The summed E-state index contributed by atoms with van der Waals surface area (Å²) in [6, 6.07) is 12.5. The normalized spacial score (nSPS) is 15.6. The Morgan fingerprint density at radius 2 is 1.72 bits per heavy atom. The van der Waals surface area contributed by atoms with Crippen molar-refractivity contribution < 1.29 is 0 Å². The lowest BCUT2D eigenvalue weighted by atomic mass is 9.84. The lowest BCUT2D eigenvalue weighted by Gasteiger charge is -2.23. The smallest absolute Gasteiger partial charge is 0.323 e. The Morgan fingerprint density at radius 3 is 2.48 bits per heavy atom. The molecule has 0 unspecified atom stereocenters. The molecule has 0 radical (unpaired) electrons. The van der Waals surface area contributed by atoms with Crippen molar-refractivity contribution >= 4 is 22.4 Å². The fraction of sp³-hybridized carbons (Fsp3) is 0.381. The number of rotatable bonds is 4. The van der Waals surface area contributed by atoms with Crippen LogP contribution < -0.4 is 11.0 Å². The molecule has 1 aliphatic rings. The summed E-state index contributed by atoms with van der Waals surface area (Å²) in [4.78, 5) is 17.5. The summed E-state index contributed by atoms with van der Waals surface area (Å²) in [7, 11) is 0. The number of aromatic nitrogens is 2. The topological polar surface area (TPSA) is 60.7 Å². The highest BCUT2D eigenvalue weighted by Gasteiger charge is 2.17. The first-order valence-electron chi connectivity index (χ1n) is 9.26. The quantitative estimate of drug-likeness (QED) is 0.626. The van der Waals surface area contributed by atoms with Crippen molar-refractivity contribution in [3.63, 3.8) is 0 Å². The van der Waals surface area contributed by atoms with E-state index in [1.54, 1.807) is 0 Å². The number of H-pyrrole nitrogens is 2. The highest BCUT2D eigenvalue weighted by Crippen LogP contribution is 2.32. The zero-order valence-electron chi connectivity index (χ0n) is 14.7. The number of aromatic amines is 2. The molecule has 4 nitrogen and oxygen atoms in total. The number of hydrogen-bond acceptors (Lipinski definition) is 2. The van der Waals surface area contributed by atoms with E-state index in [-0.39, 0.29) is 5.69 Å². The van der Waals surface area contributed by atoms with E-state index in [2.05, 4.69) is 52.5 Å². The lowest BCUT2D eigenvalue weighted by molar-refractivity contribution is 0.357. The summed E-state index contributed by atoms with van der Waals surface area (Å²) in [5.41, 5.74) is 6.32. The molecule has 4 rings (SSSR count). The number of imidazole rings is 1. The molecule has 3 N–H and O–H groups in total. The van der Waals surface area contributed by atoms with Gasteiger partial charge in [-0.25, -0.2) is 4.79 Å². The summed E-state index contributed by atoms with van der Waals surface area (Å²) < 4.78 is 0. The SMILES string of the molecule is Cc1ccccc1Nc1cc2[nH]c(=O)[nH]c2cc1CC1CCCCC1. The highest BCUT2D eigenvalue weighted by molar-refractivity contribution is 5.83. The Hall–Kier alpha value is -2.49. The number of para-hydroxylation sites is 1. The molecule has 1 heterocycles. The molecule has 0 spiro atoms. The van der Waals surface area contributed by atoms with Crippen molar-refractivity contribution in [3.05, 3.63) is 58.0 Å². The van der Waals surface area contributed by atoms with Crippen LogP contribution >= 0.6 is 0 Å². The number of nitrogens with one attached hydrogen (secondary N) is 3. The highest BCUT2D eigenvalue weighted by atomic mass is 16.1. The van der Waals surface area contributed by atoms with E-state index in [1.165, 1.54) is 43.2 Å². The van der Waals surface area contributed by atoms with Gasteiger partial charge in [0.1, 0.15) is 0 Å². The van der Waals surface area contributed by atoms with Gasteiger partial charge in [0.05, 0.1) is 11.0 Å². The molecule has 0 saturated heterocycles. The van der Waals surface area contributed by atoms with E-state index >= 15 is 0 Å². The van der Waals surface area contributed by atoms with Gasteiger partial charge in [0, 0.05) is 11.4 Å². The number of anilines is 2. The first-order chi connectivity index (χ1) is 12.2. The predicted octanol–water partition coefficient (Wildman–Crippen LogP) is 5.03. The van der Waals surface area contributed by atoms with E-state index in [9.17, 15) is 4.79 Å². The van der Waals surface area contributed by atoms with E-state index < -0.39 is 0 Å². The Bertz CT molecular complexity index is 932. The predicted molar refractivity (Wildman–Crippen MR) is 104 cm³/mol. The monoisotopic (exact) mass is 335 g/mol. The van der Waals surface area contributed by atoms with Gasteiger partial charge in [0.25, 0.3) is 0 Å². The molecule has 4 heteroatoms. The maximum atomic E-state index is 11.7. The van der Waals surface area contributed by atoms with Crippen molar-refractivity contribution in [2.75, 3.05) is 5.32 Å². The second kappa shape index (κ2) is 6.79. The minimum Gasteiger partial charge on any atom is -0.355 e. The van der Waals surface area contributed by atoms with E-state index in [1.807, 2.05) is 6.07 Å². The summed E-state index contributed by atoms with van der Waals surface area (Å²) in [6.45, 7) is 2.11. The Labute approximate surface area is 147 Å². The van der Waals surface area contributed by atoms with Crippen LogP contribution in [0.15, 0.2) is 41.2 Å². The zero-order chi connectivity index (χ0) is 17.2. The van der Waals surface area contributed by atoms with Crippen molar-refractivity contribution in [1.82, 2.24) is 9.97 Å². The minimum atomic E-state index is -0.147. The first-order valence-corrected chi connectivity index (χ1v) is 9.26. The van der Waals surface area contributed by atoms with Crippen LogP contribution in [0.2, 0.25) is 0 Å². The van der Waals surface area contributed by atoms with E-state index in [0.717, 1.165) is 34.7 Å². The van der Waals surface area contributed by atoms with Gasteiger partial charge < -0.3 is 15.3 Å². The first kappa shape index (κ1) is 16.0. The largest absolute Gasteiger partial charge is 0.355 e. The third-order valence-corrected chi connectivity index (χ3v) is 5.39. The number of aryl methyl sites for hydroxylation is 1. The fourth-order valence-electron chi connectivity index (χ4n) is 3.97. The van der Waals surface area contributed by atoms with Crippen molar-refractivity contribution in [2.45, 2.75) is 45.4 Å². The van der Waals surface area contributed by atoms with Crippen LogP contribution in [0.3, 0.4) is 0 Å². The molecule has 0 aliphatic heterocycles. The molecular weight excluding hydrogens is 310 g/mol. The van der Waals surface area contributed by atoms with Crippen molar-refractivity contribution in [1.29, 1.82) is 0 Å². The minimum absolute atomic E-state index is 0.147. The van der Waals surface area contributed by atoms with Crippen LogP contribution in [0.25, 0.3) is 11.0 Å². The molecule has 0 bridgehead atoms. The summed E-state index contributed by atoms with van der Waals surface area (Å²) in [5.74, 6) is 0.745. The summed E-state index contributed by atoms with van der Waals surface area (Å²) in [5, 5.41) is 3.60. The summed E-state index contributed by atoms with van der Waals surface area (Å²) >= 11 is 0. The summed E-state index contributed by atoms with van der Waals surface area (Å²) in [6.07, 6.45) is 7.74. The zero-order valence-corrected chi connectivity index (χ0v) is 14.7. The fourth-order valence-corrected chi connectivity index (χ4v) is 3.97. The van der Waals surface area contributed by atoms with Gasteiger partial charge in [-0.2, -0.15) is 0 Å². The number of fused-ring (bicyclic) bond motifs is 1. The maximum Gasteiger partial charge on any atom is 0.323 e. The van der Waals surface area contributed by atoms with Crippen LogP contribution in [0.4, 0.5) is 11.4 Å². The number of hydrogen-bond donors (Lipinski definition) is 3. The standard InChI is InChI=1S/C21H25N3O/c1-14-7-5-6-10-17(14)22-18-13-20-19(23-21(25)24-20)12-16(18)11-15-8-3-2-4-9-15/h5-7,10,12-13,15,22H,2-4,8-9,11H2,1H3,(H2,23,24,25). The molecular formula is C21H25N3O. The van der Waals surface area contributed by atoms with Crippen molar-refractivity contribution in [3.8, 4) is 0 Å². The Balaban J connectivity index is 1.72. The molecule has 0 amide bonds. The average Bonchev–Trinajstić information content (AvgIpc) is 2.97. The van der Waals surface area contributed by atoms with Crippen LogP contribution in [0.5, 0.6) is 0 Å². The van der Waals surface area contributed by atoms with E-state index in [0.29, 0.717) is 0 Å². The van der Waals surface area contributed by atoms with Gasteiger partial charge in [-0.1, -0.05) is 50.3 Å². The van der Waals surface area contributed by atoms with Crippen LogP contribution in [0, 0.1) is 12.8 Å². The van der Waals surface area contributed by atoms with Gasteiger partial charge in [0.15, 0.2) is 0 Å². The van der Waals surface area contributed by atoms with Gasteiger partial charge >= 0.3 is 5.69 Å². The van der Waals surface area contributed by atoms with Gasteiger partial charge in [0.2, 0.25) is 0 Å². The maximum absolute atomic E-state index is 11.7. The second-order valence-electron chi connectivity index (χ2n) is 7.28. The Kier molecular flexibility index (Phi) is 4.35. The van der Waals surface area contributed by atoms with Gasteiger partial charge in [-0.05, 0) is 48.6 Å². The third-order valence-electron chi connectivity index (χ3n) is 5.39. The van der Waals surface area contributed by atoms with E-state index in [4.69, 9.17) is 0 Å². The third kappa shape index (κ3) is 3.48. The molecule has 25 heavy (non-hydrogen) atoms. The number of benzene rings is 2. The molecule has 0 atom stereocenters. The van der Waals surface area contributed by atoms with Crippen LogP contribution in [-0.4, -0.2) is 9.97 Å².